The molecule has 0 spiro atoms. The summed E-state index contributed by atoms with van der Waals surface area (Å²) in [5.41, 5.74) is 5.53. The lowest BCUT2D eigenvalue weighted by atomic mass is 9.83. The molecule has 2 aromatic rings. The van der Waals surface area contributed by atoms with Crippen LogP contribution >= 0.6 is 11.8 Å². The number of rotatable bonds is 46. The van der Waals surface area contributed by atoms with Gasteiger partial charge in [-0.15, -0.1) is 16.8 Å². The molecule has 0 bridgehead atoms. The predicted octanol–water partition coefficient (Wildman–Crippen LogP) is 7.34. The molecule has 616 valence electrons. The molecule has 4 fully saturated rings. The van der Waals surface area contributed by atoms with E-state index in [4.69, 9.17) is 24.8 Å². The second-order valence-corrected chi connectivity index (χ2v) is 32.3. The van der Waals surface area contributed by atoms with E-state index in [2.05, 4.69) is 21.3 Å². The van der Waals surface area contributed by atoms with E-state index in [-0.39, 0.29) is 151 Å². The summed E-state index contributed by atoms with van der Waals surface area (Å²) in [6, 6.07) is 5.72. The second-order valence-electron chi connectivity index (χ2n) is 31.1. The number of carbonyl (C=O) groups is 14. The minimum Gasteiger partial charge on any atom is -0.445 e. The standard InChI is InChI=1S/C79H116F2N10O19S/c1-14-48(8)71(61(107-12)39-66(98)90-42-53(92)37-58(90)72(108-13)49(9)73(101)83-34-30-54-56(80)21-18-22-57(54)81)87(10)75(103)55(45(2)3)38-60(94)70(47(6)7)88(11)78(106)109-43-50-24-26-52(27-25-50)85-74(102)51(20-19-33-84-77(82)105)36-59(93)69(46(4)5)86-63(95)23-16-15-17-35-89-67(99)40-62(76(89)104)111-44-79(31-32-79)41-68(100)110-91-64(96)28-29-65(91)97/h18,21-22,24-27,45-49,51,53,55,58,61-62,69-72,92H,14-17,19-20,23,28-44H2,1-13H3,(H,83,101)(H,85,102)(H,86,95)(H3,82,84,105)/t48-,49+,51+,53-,55-,58-,61+,62?,69-,70-,71-,72+/m0/s1. The van der Waals surface area contributed by atoms with Crippen molar-refractivity contribution in [2.24, 2.45) is 52.6 Å². The fourth-order valence-electron chi connectivity index (χ4n) is 14.9. The number of ketones is 2. The smallest absolute Gasteiger partial charge is 0.410 e. The van der Waals surface area contributed by atoms with E-state index in [9.17, 15) is 81.0 Å². The number of anilines is 1. The maximum atomic E-state index is 14.9. The van der Waals surface area contributed by atoms with Gasteiger partial charge in [-0.25, -0.2) is 23.2 Å². The van der Waals surface area contributed by atoms with Crippen LogP contribution < -0.4 is 27.0 Å². The van der Waals surface area contributed by atoms with E-state index in [0.29, 0.717) is 60.6 Å². The van der Waals surface area contributed by atoms with Crippen LogP contribution in [0.2, 0.25) is 0 Å². The van der Waals surface area contributed by atoms with Crippen LogP contribution in [0, 0.1) is 58.5 Å². The van der Waals surface area contributed by atoms with Crippen molar-refractivity contribution in [1.29, 1.82) is 0 Å². The Kier molecular flexibility index (Phi) is 35.4. The number of methoxy groups -OCH3 is 2. The van der Waals surface area contributed by atoms with Crippen molar-refractivity contribution in [3.63, 3.8) is 0 Å². The molecule has 1 aliphatic carbocycles. The quantitative estimate of drug-likeness (QED) is 0.0279. The van der Waals surface area contributed by atoms with Gasteiger partial charge >= 0.3 is 18.1 Å². The number of likely N-dealkylation sites (tertiary alicyclic amines) is 2. The number of thioether (sulfide) groups is 1. The largest absolute Gasteiger partial charge is 0.445 e. The number of likely N-dealkylation sites (N-methyl/N-ethyl adjacent to an activating group) is 2. The van der Waals surface area contributed by atoms with Crippen LogP contribution in [0.3, 0.4) is 0 Å². The van der Waals surface area contributed by atoms with Crippen molar-refractivity contribution < 1.29 is 100 Å². The maximum absolute atomic E-state index is 14.9. The molecule has 12 atom stereocenters. The van der Waals surface area contributed by atoms with Gasteiger partial charge in [-0.1, -0.05) is 93.4 Å². The van der Waals surface area contributed by atoms with Crippen LogP contribution in [0.1, 0.15) is 183 Å². The second kappa shape index (κ2) is 43.0. The average Bonchev–Trinajstić information content (AvgIpc) is 1.25. The number of imide groups is 2. The number of primary amides is 1. The molecule has 111 heavy (non-hydrogen) atoms. The first kappa shape index (κ1) is 91.4. The number of ether oxygens (including phenoxy) is 3. The fraction of sp³-hybridized carbons (Fsp3) is 0.671. The third kappa shape index (κ3) is 26.0. The molecular weight excluding hydrogens is 1460 g/mol. The Bertz CT molecular complexity index is 3580. The number of hydroxylamine groups is 2. The van der Waals surface area contributed by atoms with Crippen LogP contribution in [0.25, 0.3) is 0 Å². The van der Waals surface area contributed by atoms with Crippen LogP contribution in [-0.4, -0.2) is 221 Å². The van der Waals surface area contributed by atoms with Gasteiger partial charge < -0.3 is 65.9 Å². The Labute approximate surface area is 653 Å². The Morgan fingerprint density at radius 2 is 1.41 bits per heavy atom. The minimum atomic E-state index is -1.03. The number of aliphatic hydroxyl groups excluding tert-OH is 1. The molecule has 1 unspecified atom stereocenters. The topological polar surface area (TPSA) is 386 Å². The summed E-state index contributed by atoms with van der Waals surface area (Å²) in [6.45, 7) is 16.1. The normalized spacial score (nSPS) is 19.2. The van der Waals surface area contributed by atoms with Gasteiger partial charge in [0.05, 0.1) is 66.5 Å². The Morgan fingerprint density at radius 3 is 2.00 bits per heavy atom. The van der Waals surface area contributed by atoms with Gasteiger partial charge in [0.1, 0.15) is 18.2 Å². The minimum absolute atomic E-state index is 0.00684. The third-order valence-corrected chi connectivity index (χ3v) is 23.3. The highest BCUT2D eigenvalue weighted by Gasteiger charge is 2.50. The summed E-state index contributed by atoms with van der Waals surface area (Å²) in [6.07, 6.45) is -0.658. The van der Waals surface area contributed by atoms with Crippen molar-refractivity contribution in [1.82, 2.24) is 40.6 Å². The van der Waals surface area contributed by atoms with Crippen LogP contribution in [0.5, 0.6) is 0 Å². The Balaban J connectivity index is 0.983. The summed E-state index contributed by atoms with van der Waals surface area (Å²) in [4.78, 5) is 197. The number of aliphatic hydroxyl groups is 1. The van der Waals surface area contributed by atoms with Crippen molar-refractivity contribution >= 4 is 100 Å². The molecule has 4 aliphatic rings. The summed E-state index contributed by atoms with van der Waals surface area (Å²) in [5.74, 6) is -10.6. The van der Waals surface area contributed by atoms with E-state index >= 15 is 0 Å². The SMILES string of the molecule is CC[C@H](C)[C@@H]([C@@H](CC(=O)N1C[C@@H](O)C[C@H]1[C@H](OC)[C@@H](C)C(=O)NCCc1c(F)cccc1F)OC)N(C)C(=O)[C@@H](CC(=O)[C@H](C(C)C)N(C)C(=O)OCc1ccc(NC(=O)[C@H](CCCNC(N)=O)CC(=O)[C@@H](NC(=O)CCCCCN2C(=O)CC(SCC3(CC(=O)ON4C(=O)CCC4=O)CC3)C2=O)C(C)C)cc1)C(C)C. The number of benzene rings is 2. The molecule has 3 saturated heterocycles. The lowest BCUT2D eigenvalue weighted by Gasteiger charge is -2.41. The molecule has 6 rings (SSSR count). The summed E-state index contributed by atoms with van der Waals surface area (Å²) in [7, 11) is 5.88. The van der Waals surface area contributed by atoms with Gasteiger partial charge in [0.15, 0.2) is 11.6 Å². The first-order valence-electron chi connectivity index (χ1n) is 38.7. The molecule has 29 nitrogen and oxygen atoms in total. The molecule has 3 aliphatic heterocycles. The van der Waals surface area contributed by atoms with E-state index in [1.807, 2.05) is 27.7 Å². The molecule has 3 heterocycles. The van der Waals surface area contributed by atoms with E-state index in [1.54, 1.807) is 65.9 Å². The van der Waals surface area contributed by atoms with Crippen molar-refractivity contribution in [2.75, 3.05) is 65.6 Å². The maximum Gasteiger partial charge on any atom is 0.410 e. The summed E-state index contributed by atoms with van der Waals surface area (Å²) in [5, 5.41) is 21.8. The molecule has 0 radical (unpaired) electrons. The number of halogens is 2. The van der Waals surface area contributed by atoms with Crippen molar-refractivity contribution in [3.05, 3.63) is 65.2 Å². The monoisotopic (exact) mass is 1580 g/mol. The zero-order valence-electron chi connectivity index (χ0n) is 66.4. The zero-order valence-corrected chi connectivity index (χ0v) is 67.3. The molecule has 2 aromatic carbocycles. The number of nitrogens with one attached hydrogen (secondary N) is 4. The number of Topliss-reactive ketones (excluding diaryl/α,β-unsaturated/α-hetero) is 2. The van der Waals surface area contributed by atoms with E-state index in [1.165, 1.54) is 58.7 Å². The Hall–Kier alpha value is -8.49. The lowest BCUT2D eigenvalue weighted by Crippen LogP contribution is -2.54. The van der Waals surface area contributed by atoms with Gasteiger partial charge in [-0.05, 0) is 110 Å². The van der Waals surface area contributed by atoms with Crippen molar-refractivity contribution in [2.45, 2.75) is 232 Å². The molecule has 1 saturated carbocycles. The lowest BCUT2D eigenvalue weighted by molar-refractivity contribution is -0.198. The van der Waals surface area contributed by atoms with Gasteiger partial charge in [0.2, 0.25) is 41.4 Å². The molecule has 12 amide bonds. The van der Waals surface area contributed by atoms with Gasteiger partial charge in [0, 0.05) is 122 Å². The van der Waals surface area contributed by atoms with E-state index in [0.717, 1.165) is 12.1 Å². The molecular formula is C79H116F2N10O19S. The highest BCUT2D eigenvalue weighted by Crippen LogP contribution is 2.52. The highest BCUT2D eigenvalue weighted by molar-refractivity contribution is 8.00. The highest BCUT2D eigenvalue weighted by atomic mass is 32.2. The number of β-amino-alcohol motifs (C(OH)–C–C–N with tert-alkyl or cyclic N) is 1. The van der Waals surface area contributed by atoms with Gasteiger partial charge in [-0.3, -0.25) is 57.6 Å². The summed E-state index contributed by atoms with van der Waals surface area (Å²) >= 11 is 1.30. The van der Waals surface area contributed by atoms with Gasteiger partial charge in [0.25, 0.3) is 11.8 Å². The third-order valence-electron chi connectivity index (χ3n) is 21.7. The summed E-state index contributed by atoms with van der Waals surface area (Å²) < 4.78 is 46.3. The number of hydrogen-bond acceptors (Lipinski definition) is 20. The van der Waals surface area contributed by atoms with Crippen LogP contribution in [0.15, 0.2) is 42.5 Å². The van der Waals surface area contributed by atoms with Crippen LogP contribution in [0.4, 0.5) is 24.1 Å². The number of urea groups is 1. The number of nitrogens with zero attached hydrogens (tertiary/aromatic N) is 5. The van der Waals surface area contributed by atoms with Crippen LogP contribution in [-0.2, 0) is 89.6 Å². The fourth-order valence-corrected chi connectivity index (χ4v) is 16.3. The number of carbonyl (C=O) groups excluding carboxylic acids is 14. The van der Waals surface area contributed by atoms with E-state index < -0.39 is 154 Å². The average molecular weight is 1580 g/mol. The first-order chi connectivity index (χ1) is 52.5. The first-order valence-corrected chi connectivity index (χ1v) is 39.7. The van der Waals surface area contributed by atoms with Crippen molar-refractivity contribution in [3.8, 4) is 0 Å². The van der Waals surface area contributed by atoms with Gasteiger partial charge in [-0.2, -0.15) is 0 Å². The Morgan fingerprint density at radius 1 is 0.757 bits per heavy atom. The zero-order chi connectivity index (χ0) is 82.3. The number of nitrogens with two attached hydrogens (primary N) is 1. The number of hydrogen-bond donors (Lipinski definition) is 6. The predicted molar refractivity (Wildman–Crippen MR) is 406 cm³/mol. The molecule has 0 aromatic heterocycles. The number of amides is 12. The molecule has 32 heteroatoms. The number of unbranched alkanes of at least 4 members (excludes halogenated alkanes) is 2. The molecule has 7 N–H and O–H groups in total.